The van der Waals surface area contributed by atoms with Crippen LogP contribution in [0.15, 0.2) is 12.7 Å². The van der Waals surface area contributed by atoms with Gasteiger partial charge in [0.15, 0.2) is 0 Å². The fourth-order valence-corrected chi connectivity index (χ4v) is 1.08. The quantitative estimate of drug-likeness (QED) is 0.694. The molecule has 0 fully saturated rings. The number of carbonyl (C=O) groups excluding carboxylic acids is 1. The van der Waals surface area contributed by atoms with Crippen LogP contribution in [0.1, 0.15) is 19.3 Å². The van der Waals surface area contributed by atoms with Gasteiger partial charge < -0.3 is 15.2 Å². The zero-order chi connectivity index (χ0) is 14.2. The normalized spacial score (nSPS) is 12.6. The first-order valence-electron chi connectivity index (χ1n) is 5.10. The van der Waals surface area contributed by atoms with Gasteiger partial charge in [-0.15, -0.1) is 0 Å². The summed E-state index contributed by atoms with van der Waals surface area (Å²) in [5.41, 5.74) is 0. The Kier molecular flexibility index (Phi) is 6.84. The molecule has 0 rings (SSSR count). The molecular formula is C10H14F3NO4. The SMILES string of the molecule is C=CCOC(=O)NC(CCCC(F)(F)F)C(=O)O. The lowest BCUT2D eigenvalue weighted by molar-refractivity contribution is -0.143. The number of carbonyl (C=O) groups is 2. The highest BCUT2D eigenvalue weighted by atomic mass is 19.4. The molecule has 0 saturated carbocycles. The molecule has 1 amide bonds. The summed E-state index contributed by atoms with van der Waals surface area (Å²) in [5, 5.41) is 10.7. The molecule has 0 aliphatic carbocycles. The largest absolute Gasteiger partial charge is 0.480 e. The summed E-state index contributed by atoms with van der Waals surface area (Å²) >= 11 is 0. The Morgan fingerprint density at radius 1 is 1.44 bits per heavy atom. The van der Waals surface area contributed by atoms with Crippen LogP contribution in [0.25, 0.3) is 0 Å². The summed E-state index contributed by atoms with van der Waals surface area (Å²) in [7, 11) is 0. The van der Waals surface area contributed by atoms with Crippen molar-refractivity contribution >= 4 is 12.1 Å². The van der Waals surface area contributed by atoms with Gasteiger partial charge in [0.05, 0.1) is 0 Å². The van der Waals surface area contributed by atoms with Gasteiger partial charge in [-0.2, -0.15) is 13.2 Å². The lowest BCUT2D eigenvalue weighted by atomic mass is 10.1. The van der Waals surface area contributed by atoms with Crippen LogP contribution in [-0.4, -0.2) is 36.0 Å². The average molecular weight is 269 g/mol. The molecule has 8 heteroatoms. The highest BCUT2D eigenvalue weighted by molar-refractivity contribution is 5.79. The van der Waals surface area contributed by atoms with Crippen molar-refractivity contribution in [3.05, 3.63) is 12.7 Å². The number of alkyl carbamates (subject to hydrolysis) is 1. The van der Waals surface area contributed by atoms with Crippen molar-refractivity contribution in [2.45, 2.75) is 31.5 Å². The zero-order valence-electron chi connectivity index (χ0n) is 9.50. The Morgan fingerprint density at radius 2 is 2.06 bits per heavy atom. The van der Waals surface area contributed by atoms with Gasteiger partial charge in [-0.05, 0) is 12.8 Å². The van der Waals surface area contributed by atoms with Gasteiger partial charge in [0.2, 0.25) is 0 Å². The second-order valence-corrected chi connectivity index (χ2v) is 3.43. The van der Waals surface area contributed by atoms with Crippen LogP contribution in [0, 0.1) is 0 Å². The van der Waals surface area contributed by atoms with E-state index in [1.54, 1.807) is 0 Å². The van der Waals surface area contributed by atoms with Crippen LogP contribution < -0.4 is 5.32 Å². The first kappa shape index (κ1) is 16.3. The summed E-state index contributed by atoms with van der Waals surface area (Å²) in [5.74, 6) is -1.41. The van der Waals surface area contributed by atoms with E-state index in [9.17, 15) is 22.8 Å². The fourth-order valence-electron chi connectivity index (χ4n) is 1.08. The zero-order valence-corrected chi connectivity index (χ0v) is 9.50. The molecule has 0 radical (unpaired) electrons. The predicted octanol–water partition coefficient (Wildman–Crippen LogP) is 2.08. The predicted molar refractivity (Wildman–Crippen MR) is 56.0 cm³/mol. The van der Waals surface area contributed by atoms with Crippen LogP contribution >= 0.6 is 0 Å². The van der Waals surface area contributed by atoms with Crippen LogP contribution in [-0.2, 0) is 9.53 Å². The number of rotatable bonds is 7. The minimum atomic E-state index is -4.34. The summed E-state index contributed by atoms with van der Waals surface area (Å²) in [6.07, 6.45) is -5.87. The van der Waals surface area contributed by atoms with Crippen molar-refractivity contribution in [3.8, 4) is 0 Å². The molecule has 0 saturated heterocycles. The second kappa shape index (κ2) is 7.57. The summed E-state index contributed by atoms with van der Waals surface area (Å²) in [6, 6.07) is -1.40. The molecular weight excluding hydrogens is 255 g/mol. The number of alkyl halides is 3. The molecule has 2 N–H and O–H groups in total. The van der Waals surface area contributed by atoms with Gasteiger partial charge in [-0.3, -0.25) is 0 Å². The lowest BCUT2D eigenvalue weighted by Crippen LogP contribution is -2.41. The Morgan fingerprint density at radius 3 is 2.50 bits per heavy atom. The second-order valence-electron chi connectivity index (χ2n) is 3.43. The monoisotopic (exact) mass is 269 g/mol. The number of carboxylic acids is 1. The highest BCUT2D eigenvalue weighted by Gasteiger charge is 2.28. The highest BCUT2D eigenvalue weighted by Crippen LogP contribution is 2.22. The molecule has 5 nitrogen and oxygen atoms in total. The van der Waals surface area contributed by atoms with E-state index in [2.05, 4.69) is 11.3 Å². The molecule has 104 valence electrons. The van der Waals surface area contributed by atoms with E-state index < -0.39 is 30.7 Å². The Bertz CT molecular complexity index is 304. The van der Waals surface area contributed by atoms with E-state index in [1.807, 2.05) is 5.32 Å². The molecule has 1 atom stereocenters. The van der Waals surface area contributed by atoms with E-state index in [0.29, 0.717) is 0 Å². The van der Waals surface area contributed by atoms with Gasteiger partial charge in [-0.25, -0.2) is 9.59 Å². The number of aliphatic carboxylic acids is 1. The van der Waals surface area contributed by atoms with Crippen LogP contribution in [0.4, 0.5) is 18.0 Å². The van der Waals surface area contributed by atoms with E-state index in [-0.39, 0.29) is 19.4 Å². The maximum Gasteiger partial charge on any atom is 0.408 e. The molecule has 1 unspecified atom stereocenters. The average Bonchev–Trinajstić information content (AvgIpc) is 2.23. The van der Waals surface area contributed by atoms with Crippen molar-refractivity contribution in [2.75, 3.05) is 6.61 Å². The molecule has 0 aliphatic heterocycles. The third kappa shape index (κ3) is 8.43. The molecule has 0 bridgehead atoms. The van der Waals surface area contributed by atoms with E-state index in [1.165, 1.54) is 6.08 Å². The Hall–Kier alpha value is -1.73. The van der Waals surface area contributed by atoms with E-state index >= 15 is 0 Å². The minimum Gasteiger partial charge on any atom is -0.480 e. The first-order chi connectivity index (χ1) is 8.26. The number of hydrogen-bond acceptors (Lipinski definition) is 3. The number of hydrogen-bond donors (Lipinski definition) is 2. The number of amides is 1. The van der Waals surface area contributed by atoms with Crippen LogP contribution in [0.2, 0.25) is 0 Å². The number of halogens is 3. The number of nitrogens with one attached hydrogen (secondary N) is 1. The topological polar surface area (TPSA) is 75.6 Å². The smallest absolute Gasteiger partial charge is 0.408 e. The maximum atomic E-state index is 11.9. The van der Waals surface area contributed by atoms with Crippen LogP contribution in [0.5, 0.6) is 0 Å². The fraction of sp³-hybridized carbons (Fsp3) is 0.600. The molecule has 18 heavy (non-hydrogen) atoms. The Labute approximate surface area is 102 Å². The molecule has 0 aliphatic rings. The minimum absolute atomic E-state index is 0.110. The van der Waals surface area contributed by atoms with Crippen molar-refractivity contribution in [1.82, 2.24) is 5.32 Å². The standard InChI is InChI=1S/C10H14F3NO4/c1-2-6-18-9(17)14-7(8(15)16)4-3-5-10(11,12)13/h2,7H,1,3-6H2,(H,14,17)(H,15,16). The molecule has 0 aromatic heterocycles. The van der Waals surface area contributed by atoms with Crippen molar-refractivity contribution in [3.63, 3.8) is 0 Å². The first-order valence-corrected chi connectivity index (χ1v) is 5.10. The van der Waals surface area contributed by atoms with Gasteiger partial charge in [0, 0.05) is 6.42 Å². The molecule has 0 aromatic carbocycles. The van der Waals surface area contributed by atoms with Gasteiger partial charge in [0.25, 0.3) is 0 Å². The number of ether oxygens (including phenoxy) is 1. The Balaban J connectivity index is 4.11. The summed E-state index contributed by atoms with van der Waals surface area (Å²) < 4.78 is 40.1. The summed E-state index contributed by atoms with van der Waals surface area (Å²) in [4.78, 5) is 21.7. The van der Waals surface area contributed by atoms with Gasteiger partial charge >= 0.3 is 18.2 Å². The van der Waals surface area contributed by atoms with Gasteiger partial charge in [-0.1, -0.05) is 12.7 Å². The number of carboxylic acid groups (broad SMARTS) is 1. The maximum absolute atomic E-state index is 11.9. The van der Waals surface area contributed by atoms with Crippen molar-refractivity contribution < 1.29 is 32.6 Å². The van der Waals surface area contributed by atoms with E-state index in [4.69, 9.17) is 5.11 Å². The molecule has 0 heterocycles. The third-order valence-corrected chi connectivity index (χ3v) is 1.88. The third-order valence-electron chi connectivity index (χ3n) is 1.88. The van der Waals surface area contributed by atoms with Gasteiger partial charge in [0.1, 0.15) is 12.6 Å². The van der Waals surface area contributed by atoms with E-state index in [0.717, 1.165) is 0 Å². The molecule has 0 aromatic rings. The van der Waals surface area contributed by atoms with Crippen molar-refractivity contribution in [2.24, 2.45) is 0 Å². The van der Waals surface area contributed by atoms with Crippen LogP contribution in [0.3, 0.4) is 0 Å². The lowest BCUT2D eigenvalue weighted by Gasteiger charge is -2.14. The molecule has 0 spiro atoms. The summed E-state index contributed by atoms with van der Waals surface area (Å²) in [6.45, 7) is 3.17. The van der Waals surface area contributed by atoms with Crippen molar-refractivity contribution in [1.29, 1.82) is 0 Å².